The number of hydrogen-bond donors (Lipinski definition) is 2. The number of aromatic nitrogens is 2. The lowest BCUT2D eigenvalue weighted by Crippen LogP contribution is -2.39. The highest BCUT2D eigenvalue weighted by molar-refractivity contribution is 7.20. The van der Waals surface area contributed by atoms with Crippen LogP contribution in [0.5, 0.6) is 10.9 Å². The topological polar surface area (TPSA) is 90.2 Å². The molecule has 1 aromatic carbocycles. The number of urea groups is 1. The Morgan fingerprint density at radius 1 is 1.36 bits per heavy atom. The summed E-state index contributed by atoms with van der Waals surface area (Å²) in [6.07, 6.45) is 1.23. The molecule has 0 atom stereocenters. The number of anilines is 1. The number of benzene rings is 1. The fraction of sp³-hybridized carbons (Fsp3) is 0.188. The number of pyridine rings is 1. The normalized spacial score (nSPS) is 10.9. The number of amides is 2. The fourth-order valence-corrected chi connectivity index (χ4v) is 3.17. The number of ether oxygens (including phenoxy) is 1. The predicted molar refractivity (Wildman–Crippen MR) is 97.4 cm³/mol. The molecule has 0 unspecified atom stereocenters. The van der Waals surface area contributed by atoms with E-state index in [0.717, 1.165) is 10.2 Å². The third kappa shape index (κ3) is 4.28. The van der Waals surface area contributed by atoms with Gasteiger partial charge < -0.3 is 15.3 Å². The molecule has 2 heterocycles. The van der Waals surface area contributed by atoms with E-state index in [9.17, 15) is 10.0 Å². The fourth-order valence-electron chi connectivity index (χ4n) is 2.06. The lowest BCUT2D eigenvalue weighted by molar-refractivity contribution is -0.590. The second-order valence-electron chi connectivity index (χ2n) is 5.52. The van der Waals surface area contributed by atoms with E-state index in [0.29, 0.717) is 20.7 Å². The average molecular weight is 379 g/mol. The van der Waals surface area contributed by atoms with Crippen molar-refractivity contribution in [2.24, 2.45) is 0 Å². The lowest BCUT2D eigenvalue weighted by Gasteiger charge is -2.11. The highest BCUT2D eigenvalue weighted by Crippen LogP contribution is 2.32. The van der Waals surface area contributed by atoms with E-state index < -0.39 is 6.03 Å². The second-order valence-corrected chi connectivity index (χ2v) is 6.95. The highest BCUT2D eigenvalue weighted by Gasteiger charge is 2.14. The molecule has 7 nitrogen and oxygen atoms in total. The molecule has 130 valence electrons. The minimum Gasteiger partial charge on any atom is -0.710 e. The van der Waals surface area contributed by atoms with Crippen molar-refractivity contribution in [3.63, 3.8) is 0 Å². The lowest BCUT2D eigenvalue weighted by atomic mass is 10.3. The molecule has 0 saturated heterocycles. The molecular weight excluding hydrogens is 364 g/mol. The smallest absolute Gasteiger partial charge is 0.406 e. The second kappa shape index (κ2) is 7.12. The quantitative estimate of drug-likeness (QED) is 0.532. The van der Waals surface area contributed by atoms with Gasteiger partial charge in [-0.15, -0.1) is 0 Å². The van der Waals surface area contributed by atoms with Crippen LogP contribution in [0.1, 0.15) is 13.8 Å². The van der Waals surface area contributed by atoms with Crippen LogP contribution in [0.2, 0.25) is 5.02 Å². The van der Waals surface area contributed by atoms with Gasteiger partial charge in [0.05, 0.1) is 10.2 Å². The summed E-state index contributed by atoms with van der Waals surface area (Å²) in [5, 5.41) is 18.2. The summed E-state index contributed by atoms with van der Waals surface area (Å²) in [5.74, 6) is 0.413. The molecule has 0 fully saturated rings. The van der Waals surface area contributed by atoms with Crippen molar-refractivity contribution in [1.29, 1.82) is 0 Å². The molecule has 0 radical (unpaired) electrons. The van der Waals surface area contributed by atoms with Crippen LogP contribution in [0.3, 0.4) is 0 Å². The van der Waals surface area contributed by atoms with Gasteiger partial charge in [0.1, 0.15) is 6.20 Å². The number of thiazole rings is 1. The standard InChI is InChI=1S/C16H15ClN4O3S/c1-9(2)18-15(22)20-14-6-4-11(8-21(14)23)24-16-19-12-5-3-10(17)7-13(12)25-16/h3-9H,1-2H3,(H2,18,20,22). The van der Waals surface area contributed by atoms with Gasteiger partial charge in [0, 0.05) is 17.1 Å². The first kappa shape index (κ1) is 17.2. The molecule has 0 aliphatic rings. The van der Waals surface area contributed by atoms with Crippen molar-refractivity contribution in [1.82, 2.24) is 10.3 Å². The predicted octanol–water partition coefficient (Wildman–Crippen LogP) is 3.91. The third-order valence-corrected chi connectivity index (χ3v) is 4.22. The molecule has 25 heavy (non-hydrogen) atoms. The Balaban J connectivity index is 1.74. The van der Waals surface area contributed by atoms with Crippen LogP contribution in [-0.4, -0.2) is 17.1 Å². The average Bonchev–Trinajstić information content (AvgIpc) is 2.90. The molecule has 3 aromatic rings. The molecule has 0 aliphatic heterocycles. The maximum Gasteiger partial charge on any atom is 0.406 e. The van der Waals surface area contributed by atoms with Crippen LogP contribution < -0.4 is 20.1 Å². The van der Waals surface area contributed by atoms with E-state index in [2.05, 4.69) is 15.6 Å². The Hall–Kier alpha value is -2.58. The third-order valence-electron chi connectivity index (χ3n) is 3.08. The molecule has 0 aliphatic carbocycles. The van der Waals surface area contributed by atoms with Gasteiger partial charge in [0.2, 0.25) is 0 Å². The van der Waals surface area contributed by atoms with Crippen molar-refractivity contribution in [3.05, 3.63) is 46.8 Å². The maximum absolute atomic E-state index is 12.0. The molecule has 0 spiro atoms. The van der Waals surface area contributed by atoms with Crippen molar-refractivity contribution in [3.8, 4) is 10.9 Å². The largest absolute Gasteiger partial charge is 0.710 e. The molecule has 2 aromatic heterocycles. The summed E-state index contributed by atoms with van der Waals surface area (Å²) in [7, 11) is 0. The highest BCUT2D eigenvalue weighted by atomic mass is 35.5. The number of halogens is 1. The van der Waals surface area contributed by atoms with Crippen LogP contribution >= 0.6 is 22.9 Å². The minimum atomic E-state index is -0.448. The van der Waals surface area contributed by atoms with Crippen LogP contribution in [0.25, 0.3) is 10.2 Å². The van der Waals surface area contributed by atoms with E-state index in [1.54, 1.807) is 24.3 Å². The van der Waals surface area contributed by atoms with Gasteiger partial charge in [-0.25, -0.2) is 14.5 Å². The van der Waals surface area contributed by atoms with E-state index in [-0.39, 0.29) is 11.9 Å². The van der Waals surface area contributed by atoms with Crippen molar-refractivity contribution in [2.45, 2.75) is 19.9 Å². The van der Waals surface area contributed by atoms with Gasteiger partial charge in [-0.05, 0) is 38.1 Å². The van der Waals surface area contributed by atoms with Crippen molar-refractivity contribution < 1.29 is 14.3 Å². The molecular formula is C16H15ClN4O3S. The van der Waals surface area contributed by atoms with Crippen molar-refractivity contribution in [2.75, 3.05) is 5.32 Å². The Labute approximate surface area is 152 Å². The number of hydrogen-bond acceptors (Lipinski definition) is 5. The van der Waals surface area contributed by atoms with Gasteiger partial charge in [-0.1, -0.05) is 22.9 Å². The summed E-state index contributed by atoms with van der Waals surface area (Å²) >= 11 is 7.28. The Bertz CT molecular complexity index is 929. The zero-order chi connectivity index (χ0) is 18.0. The van der Waals surface area contributed by atoms with Crippen LogP contribution in [0.4, 0.5) is 10.6 Å². The van der Waals surface area contributed by atoms with Gasteiger partial charge in [0.15, 0.2) is 5.75 Å². The zero-order valence-electron chi connectivity index (χ0n) is 13.4. The monoisotopic (exact) mass is 378 g/mol. The summed E-state index contributed by atoms with van der Waals surface area (Å²) in [6.45, 7) is 3.65. The summed E-state index contributed by atoms with van der Waals surface area (Å²) < 4.78 is 7.04. The Kier molecular flexibility index (Phi) is 4.91. The van der Waals surface area contributed by atoms with E-state index >= 15 is 0 Å². The Morgan fingerprint density at radius 2 is 2.16 bits per heavy atom. The van der Waals surface area contributed by atoms with Gasteiger partial charge >= 0.3 is 6.03 Å². The maximum atomic E-state index is 12.0. The molecule has 2 N–H and O–H groups in total. The van der Waals surface area contributed by atoms with E-state index in [4.69, 9.17) is 16.3 Å². The number of rotatable bonds is 4. The number of nitrogens with one attached hydrogen (secondary N) is 2. The van der Waals surface area contributed by atoms with Crippen LogP contribution in [0, 0.1) is 5.21 Å². The first-order chi connectivity index (χ1) is 11.9. The number of carbonyl (C=O) groups is 1. The summed E-state index contributed by atoms with van der Waals surface area (Å²) in [6, 6.07) is 7.92. The van der Waals surface area contributed by atoms with Crippen LogP contribution in [-0.2, 0) is 0 Å². The zero-order valence-corrected chi connectivity index (χ0v) is 15.0. The molecule has 2 amide bonds. The van der Waals surface area contributed by atoms with Gasteiger partial charge in [0.25, 0.3) is 11.0 Å². The van der Waals surface area contributed by atoms with Crippen LogP contribution in [0.15, 0.2) is 36.5 Å². The molecule has 0 bridgehead atoms. The number of carbonyl (C=O) groups excluding carboxylic acids is 1. The summed E-state index contributed by atoms with van der Waals surface area (Å²) in [5.41, 5.74) is 0.767. The van der Waals surface area contributed by atoms with Gasteiger partial charge in [-0.2, -0.15) is 5.32 Å². The van der Waals surface area contributed by atoms with Crippen molar-refractivity contribution >= 4 is 45.0 Å². The Morgan fingerprint density at radius 3 is 2.88 bits per heavy atom. The molecule has 3 rings (SSSR count). The minimum absolute atomic E-state index is 0.0322. The SMILES string of the molecule is CC(C)NC(=O)Nc1ccc(Oc2nc3ccc(Cl)cc3s2)c[n+]1[O-]. The molecule has 0 saturated carbocycles. The van der Waals surface area contributed by atoms with E-state index in [1.807, 2.05) is 13.8 Å². The summed E-state index contributed by atoms with van der Waals surface area (Å²) in [4.78, 5) is 16.0. The first-order valence-electron chi connectivity index (χ1n) is 7.45. The number of nitrogens with zero attached hydrogens (tertiary/aromatic N) is 2. The first-order valence-corrected chi connectivity index (χ1v) is 8.65. The molecule has 9 heteroatoms. The van der Waals surface area contributed by atoms with Gasteiger partial charge in [-0.3, -0.25) is 0 Å². The van der Waals surface area contributed by atoms with E-state index in [1.165, 1.54) is 23.6 Å². The number of fused-ring (bicyclic) bond motifs is 1.